The van der Waals surface area contributed by atoms with Crippen LogP contribution in [0.2, 0.25) is 5.02 Å². The van der Waals surface area contributed by atoms with Crippen molar-refractivity contribution >= 4 is 40.2 Å². The molecule has 0 saturated heterocycles. The van der Waals surface area contributed by atoms with Crippen LogP contribution in [0.25, 0.3) is 50.3 Å². The van der Waals surface area contributed by atoms with Crippen molar-refractivity contribution in [3.05, 3.63) is 101 Å². The highest BCUT2D eigenvalue weighted by Gasteiger charge is 2.30. The van der Waals surface area contributed by atoms with Gasteiger partial charge in [0.2, 0.25) is 0 Å². The zero-order chi connectivity index (χ0) is 29.2. The van der Waals surface area contributed by atoms with E-state index in [9.17, 15) is 9.59 Å². The van der Waals surface area contributed by atoms with Gasteiger partial charge in [0, 0.05) is 21.7 Å². The molecule has 0 N–H and O–H groups in total. The van der Waals surface area contributed by atoms with Gasteiger partial charge in [0.25, 0.3) is 0 Å². The van der Waals surface area contributed by atoms with Crippen molar-refractivity contribution in [2.45, 2.75) is 13.8 Å². The van der Waals surface area contributed by atoms with Crippen molar-refractivity contribution in [1.82, 2.24) is 24.8 Å². The summed E-state index contributed by atoms with van der Waals surface area (Å²) in [7, 11) is 0. The maximum atomic E-state index is 13.7. The fourth-order valence-corrected chi connectivity index (χ4v) is 5.03. The Bertz CT molecular complexity index is 1940. The van der Waals surface area contributed by atoms with E-state index < -0.39 is 11.9 Å². The minimum atomic E-state index is -0.631. The number of ether oxygens (including phenoxy) is 2. The smallest absolute Gasteiger partial charge is 0.361 e. The van der Waals surface area contributed by atoms with Crippen LogP contribution >= 0.6 is 11.6 Å². The molecule has 0 aliphatic carbocycles. The maximum absolute atomic E-state index is 13.7. The average molecular weight is 578 g/mol. The normalized spacial score (nSPS) is 11.1. The molecule has 0 atom stereocenters. The molecule has 0 fully saturated rings. The number of rotatable bonds is 7. The topological polar surface area (TPSA) is 109 Å². The highest BCUT2D eigenvalue weighted by molar-refractivity contribution is 6.30. The molecule has 6 rings (SSSR count). The number of pyridine rings is 1. The Balaban J connectivity index is 1.80. The second kappa shape index (κ2) is 11.4. The highest BCUT2D eigenvalue weighted by Crippen LogP contribution is 2.40. The van der Waals surface area contributed by atoms with E-state index in [1.54, 1.807) is 26.0 Å². The van der Waals surface area contributed by atoms with Gasteiger partial charge in [-0.3, -0.25) is 0 Å². The minimum absolute atomic E-state index is 0.00491. The predicted octanol–water partition coefficient (Wildman–Crippen LogP) is 6.68. The molecule has 0 bridgehead atoms. The fraction of sp³-hybridized carbons (Fsp3) is 0.125. The minimum Gasteiger partial charge on any atom is -0.462 e. The lowest BCUT2D eigenvalue weighted by atomic mass is 9.93. The maximum Gasteiger partial charge on any atom is 0.361 e. The number of aromatic nitrogens is 5. The molecule has 42 heavy (non-hydrogen) atoms. The molecule has 0 radical (unpaired) electrons. The Hall–Kier alpha value is -5.15. The van der Waals surface area contributed by atoms with Crippen molar-refractivity contribution in [3.63, 3.8) is 0 Å². The van der Waals surface area contributed by atoms with Crippen molar-refractivity contribution in [1.29, 1.82) is 0 Å². The third kappa shape index (κ3) is 4.73. The zero-order valence-electron chi connectivity index (χ0n) is 22.7. The van der Waals surface area contributed by atoms with E-state index >= 15 is 0 Å². The van der Waals surface area contributed by atoms with Crippen LogP contribution in [0.5, 0.6) is 0 Å². The summed E-state index contributed by atoms with van der Waals surface area (Å²) < 4.78 is 12.4. The largest absolute Gasteiger partial charge is 0.462 e. The predicted molar refractivity (Wildman–Crippen MR) is 159 cm³/mol. The summed E-state index contributed by atoms with van der Waals surface area (Å²) in [6.07, 6.45) is 0. The van der Waals surface area contributed by atoms with Crippen LogP contribution in [0.3, 0.4) is 0 Å². The van der Waals surface area contributed by atoms with Gasteiger partial charge in [0.1, 0.15) is 5.69 Å². The molecule has 0 unspecified atom stereocenters. The van der Waals surface area contributed by atoms with Gasteiger partial charge >= 0.3 is 11.9 Å². The Labute approximate surface area is 245 Å². The van der Waals surface area contributed by atoms with Crippen molar-refractivity contribution in [2.75, 3.05) is 13.2 Å². The van der Waals surface area contributed by atoms with Gasteiger partial charge < -0.3 is 9.47 Å². The molecular formula is C32H24ClN5O4. The van der Waals surface area contributed by atoms with Crippen LogP contribution in [0.4, 0.5) is 0 Å². The molecule has 208 valence electrons. The molecule has 0 spiro atoms. The molecule has 10 heteroatoms. The molecule has 6 aromatic rings. The number of halogens is 1. The van der Waals surface area contributed by atoms with Crippen LogP contribution < -0.4 is 0 Å². The lowest BCUT2D eigenvalue weighted by Gasteiger charge is -2.15. The van der Waals surface area contributed by atoms with Gasteiger partial charge in [-0.25, -0.2) is 19.1 Å². The number of nitrogens with zero attached hydrogens (tertiary/aromatic N) is 5. The molecule has 0 aliphatic rings. The number of carbonyl (C=O) groups is 2. The third-order valence-electron chi connectivity index (χ3n) is 6.65. The Morgan fingerprint density at radius 3 is 2.02 bits per heavy atom. The van der Waals surface area contributed by atoms with Crippen molar-refractivity contribution in [2.24, 2.45) is 0 Å². The van der Waals surface area contributed by atoms with E-state index in [-0.39, 0.29) is 24.5 Å². The van der Waals surface area contributed by atoms with Gasteiger partial charge in [0.15, 0.2) is 17.0 Å². The van der Waals surface area contributed by atoms with Gasteiger partial charge in [0.05, 0.1) is 29.9 Å². The SMILES string of the molecule is CCOC(=O)c1nnc2c3c(-c4ccc(Cl)cc4)c(C(=O)OCC)c(-c4ccccc4)nc3nn2c1-c1ccccc1. The number of carbonyl (C=O) groups excluding carboxylic acids is 2. The van der Waals surface area contributed by atoms with Crippen LogP contribution in [-0.4, -0.2) is 49.9 Å². The summed E-state index contributed by atoms with van der Waals surface area (Å²) in [6.45, 7) is 3.80. The molecule has 0 aliphatic heterocycles. The molecule has 3 heterocycles. The summed E-state index contributed by atoms with van der Waals surface area (Å²) in [5.74, 6) is -1.18. The van der Waals surface area contributed by atoms with E-state index in [0.717, 1.165) is 0 Å². The van der Waals surface area contributed by atoms with Crippen molar-refractivity contribution in [3.8, 4) is 33.6 Å². The molecule has 3 aromatic carbocycles. The van der Waals surface area contributed by atoms with Crippen LogP contribution in [0.15, 0.2) is 84.9 Å². The Morgan fingerprint density at radius 1 is 0.762 bits per heavy atom. The zero-order valence-corrected chi connectivity index (χ0v) is 23.5. The molecule has 3 aromatic heterocycles. The van der Waals surface area contributed by atoms with E-state index in [2.05, 4.69) is 10.2 Å². The Morgan fingerprint density at radius 2 is 1.38 bits per heavy atom. The molecule has 0 saturated carbocycles. The van der Waals surface area contributed by atoms with E-state index in [0.29, 0.717) is 55.3 Å². The first-order valence-corrected chi connectivity index (χ1v) is 13.7. The summed E-state index contributed by atoms with van der Waals surface area (Å²) >= 11 is 6.25. The van der Waals surface area contributed by atoms with E-state index in [1.807, 2.05) is 72.8 Å². The van der Waals surface area contributed by atoms with E-state index in [1.165, 1.54) is 4.52 Å². The summed E-state index contributed by atoms with van der Waals surface area (Å²) in [5, 5.41) is 14.6. The fourth-order valence-electron chi connectivity index (χ4n) is 4.90. The number of hydrogen-bond acceptors (Lipinski definition) is 8. The van der Waals surface area contributed by atoms with Crippen LogP contribution in [0.1, 0.15) is 34.7 Å². The van der Waals surface area contributed by atoms with Crippen LogP contribution in [0, 0.1) is 0 Å². The molecule has 9 nitrogen and oxygen atoms in total. The monoisotopic (exact) mass is 577 g/mol. The number of benzene rings is 3. The summed E-state index contributed by atoms with van der Waals surface area (Å²) in [5.41, 5.74) is 4.23. The van der Waals surface area contributed by atoms with Gasteiger partial charge in [-0.1, -0.05) is 84.4 Å². The van der Waals surface area contributed by atoms with Crippen LogP contribution in [-0.2, 0) is 9.47 Å². The quantitative estimate of drug-likeness (QED) is 0.193. The summed E-state index contributed by atoms with van der Waals surface area (Å²) in [6, 6.07) is 25.7. The average Bonchev–Trinajstić information content (AvgIpc) is 3.39. The summed E-state index contributed by atoms with van der Waals surface area (Å²) in [4.78, 5) is 31.6. The standard InChI is InChI=1S/C32H24ClN5O4/c1-3-41-31(39)24-23(19-15-17-22(33)18-16-19)25-29(34-26(24)20-11-7-5-8-12-20)37-38-28(21-13-9-6-10-14-21)27(32(40)42-4-2)35-36-30(25)38/h5-18H,3-4H2,1-2H3. The second-order valence-electron chi connectivity index (χ2n) is 9.22. The number of hydrogen-bond donors (Lipinski definition) is 0. The number of fused-ring (bicyclic) bond motifs is 3. The van der Waals surface area contributed by atoms with Gasteiger partial charge in [-0.2, -0.15) is 0 Å². The second-order valence-corrected chi connectivity index (χ2v) is 9.66. The first-order chi connectivity index (χ1) is 20.5. The number of esters is 2. The van der Waals surface area contributed by atoms with E-state index in [4.69, 9.17) is 31.2 Å². The molecular weight excluding hydrogens is 554 g/mol. The lowest BCUT2D eigenvalue weighted by Crippen LogP contribution is -2.14. The highest BCUT2D eigenvalue weighted by atomic mass is 35.5. The van der Waals surface area contributed by atoms with Gasteiger partial charge in [-0.15, -0.1) is 15.3 Å². The molecule has 0 amide bonds. The first kappa shape index (κ1) is 27.0. The van der Waals surface area contributed by atoms with Crippen molar-refractivity contribution < 1.29 is 19.1 Å². The third-order valence-corrected chi connectivity index (χ3v) is 6.91. The van der Waals surface area contributed by atoms with Gasteiger partial charge in [-0.05, 0) is 31.5 Å². The Kier molecular flexibility index (Phi) is 7.33. The lowest BCUT2D eigenvalue weighted by molar-refractivity contribution is 0.0512. The first-order valence-electron chi connectivity index (χ1n) is 13.4.